The fourth-order valence-corrected chi connectivity index (χ4v) is 3.27. The number of aromatic nitrogens is 1. The van der Waals surface area contributed by atoms with E-state index in [2.05, 4.69) is 36.5 Å². The predicted molar refractivity (Wildman–Crippen MR) is 84.5 cm³/mol. The van der Waals surface area contributed by atoms with E-state index in [1.165, 1.54) is 0 Å². The second kappa shape index (κ2) is 6.85. The summed E-state index contributed by atoms with van der Waals surface area (Å²) in [6, 6.07) is 0. The Hall–Kier alpha value is -0.980. The third kappa shape index (κ3) is 4.49. The van der Waals surface area contributed by atoms with E-state index in [1.54, 1.807) is 11.3 Å². The molecule has 0 radical (unpaired) electrons. The molecule has 0 bridgehead atoms. The van der Waals surface area contributed by atoms with Gasteiger partial charge >= 0.3 is 0 Å². The molecule has 2 rings (SSSR count). The first kappa shape index (κ1) is 16.4. The molecule has 3 N–H and O–H groups in total. The van der Waals surface area contributed by atoms with E-state index in [0.717, 1.165) is 30.0 Å². The van der Waals surface area contributed by atoms with Crippen molar-refractivity contribution in [3.05, 3.63) is 16.1 Å². The molecule has 6 heteroatoms. The summed E-state index contributed by atoms with van der Waals surface area (Å²) in [4.78, 5) is 16.6. The Morgan fingerprint density at radius 3 is 2.86 bits per heavy atom. The molecule has 0 aromatic carbocycles. The normalized spacial score (nSPS) is 22.5. The summed E-state index contributed by atoms with van der Waals surface area (Å²) in [6.07, 6.45) is 2.10. The van der Waals surface area contributed by atoms with E-state index < -0.39 is 0 Å². The van der Waals surface area contributed by atoms with Crippen molar-refractivity contribution in [1.29, 1.82) is 0 Å². The number of amides is 1. The molecule has 0 saturated carbocycles. The van der Waals surface area contributed by atoms with Crippen LogP contribution in [0.15, 0.2) is 5.38 Å². The van der Waals surface area contributed by atoms with Gasteiger partial charge in [-0.05, 0) is 12.8 Å². The van der Waals surface area contributed by atoms with Crippen LogP contribution in [-0.2, 0) is 21.4 Å². The fraction of sp³-hybridized carbons (Fsp3) is 0.733. The Morgan fingerprint density at radius 1 is 1.52 bits per heavy atom. The van der Waals surface area contributed by atoms with Gasteiger partial charge in [-0.1, -0.05) is 20.8 Å². The maximum atomic E-state index is 12.0. The molecule has 1 saturated heterocycles. The molecule has 1 aliphatic rings. The zero-order chi connectivity index (χ0) is 15.5. The lowest BCUT2D eigenvalue weighted by Crippen LogP contribution is -2.36. The van der Waals surface area contributed by atoms with Gasteiger partial charge in [0.25, 0.3) is 0 Å². The number of carbonyl (C=O) groups is 1. The van der Waals surface area contributed by atoms with E-state index >= 15 is 0 Å². The molecular formula is C15H25N3O2S. The number of ether oxygens (including phenoxy) is 1. The average molecular weight is 311 g/mol. The summed E-state index contributed by atoms with van der Waals surface area (Å²) >= 11 is 1.65. The van der Waals surface area contributed by atoms with Gasteiger partial charge in [0.2, 0.25) is 5.91 Å². The highest BCUT2D eigenvalue weighted by Crippen LogP contribution is 2.24. The first-order valence-electron chi connectivity index (χ1n) is 7.48. The lowest BCUT2D eigenvalue weighted by Gasteiger charge is -2.14. The van der Waals surface area contributed by atoms with Gasteiger partial charge < -0.3 is 15.8 Å². The maximum Gasteiger partial charge on any atom is 0.249 e. The zero-order valence-corrected chi connectivity index (χ0v) is 13.8. The van der Waals surface area contributed by atoms with E-state index in [-0.39, 0.29) is 23.5 Å². The molecule has 0 unspecified atom stereocenters. The lowest BCUT2D eigenvalue weighted by atomic mass is 9.93. The van der Waals surface area contributed by atoms with Crippen molar-refractivity contribution in [2.24, 2.45) is 5.73 Å². The van der Waals surface area contributed by atoms with Crippen LogP contribution in [0.4, 0.5) is 0 Å². The van der Waals surface area contributed by atoms with E-state index in [4.69, 9.17) is 10.5 Å². The van der Waals surface area contributed by atoms with Crippen LogP contribution >= 0.6 is 11.3 Å². The molecule has 118 valence electrons. The average Bonchev–Trinajstić information content (AvgIpc) is 3.06. The highest BCUT2D eigenvalue weighted by molar-refractivity contribution is 7.09. The molecule has 2 atom stereocenters. The van der Waals surface area contributed by atoms with Gasteiger partial charge in [0.15, 0.2) is 0 Å². The standard InChI is InChI=1S/C15H25N3O2S/c1-15(2,3)12-9-21-13(18-12)6-7-17-14(19)11-5-4-10(8-16)20-11/h9-11H,4-8,16H2,1-3H3,(H,17,19)/t10-,11+/m1/s1. The van der Waals surface area contributed by atoms with E-state index in [1.807, 2.05) is 0 Å². The van der Waals surface area contributed by atoms with Gasteiger partial charge in [0.1, 0.15) is 6.10 Å². The van der Waals surface area contributed by atoms with Crippen LogP contribution in [0.5, 0.6) is 0 Å². The Balaban J connectivity index is 1.74. The molecule has 2 heterocycles. The summed E-state index contributed by atoms with van der Waals surface area (Å²) in [7, 11) is 0. The Labute approximate surface area is 130 Å². The number of hydrogen-bond donors (Lipinski definition) is 2. The molecule has 1 aliphatic heterocycles. The molecule has 5 nitrogen and oxygen atoms in total. The highest BCUT2D eigenvalue weighted by atomic mass is 32.1. The van der Waals surface area contributed by atoms with Gasteiger partial charge in [0.05, 0.1) is 16.8 Å². The summed E-state index contributed by atoms with van der Waals surface area (Å²) in [5.41, 5.74) is 6.73. The van der Waals surface area contributed by atoms with Gasteiger partial charge in [-0.15, -0.1) is 11.3 Å². The molecule has 1 aromatic rings. The Morgan fingerprint density at radius 2 is 2.29 bits per heavy atom. The maximum absolute atomic E-state index is 12.0. The smallest absolute Gasteiger partial charge is 0.249 e. The summed E-state index contributed by atoms with van der Waals surface area (Å²) in [5, 5.41) is 6.09. The van der Waals surface area contributed by atoms with Crippen molar-refractivity contribution in [2.45, 2.75) is 57.7 Å². The molecule has 0 aliphatic carbocycles. The summed E-state index contributed by atoms with van der Waals surface area (Å²) in [6.45, 7) is 7.54. The van der Waals surface area contributed by atoms with Gasteiger partial charge in [-0.3, -0.25) is 4.79 Å². The fourth-order valence-electron chi connectivity index (χ4n) is 2.25. The molecular weight excluding hydrogens is 286 g/mol. The number of nitrogens with zero attached hydrogens (tertiary/aromatic N) is 1. The predicted octanol–water partition coefficient (Wildman–Crippen LogP) is 1.61. The number of rotatable bonds is 5. The van der Waals surface area contributed by atoms with Crippen molar-refractivity contribution in [2.75, 3.05) is 13.1 Å². The lowest BCUT2D eigenvalue weighted by molar-refractivity contribution is -0.131. The van der Waals surface area contributed by atoms with Crippen LogP contribution < -0.4 is 11.1 Å². The monoisotopic (exact) mass is 311 g/mol. The van der Waals surface area contributed by atoms with Crippen LogP contribution in [0.3, 0.4) is 0 Å². The molecule has 21 heavy (non-hydrogen) atoms. The van der Waals surface area contributed by atoms with Crippen molar-refractivity contribution in [3.8, 4) is 0 Å². The number of nitrogens with one attached hydrogen (secondary N) is 1. The molecule has 1 fully saturated rings. The third-order valence-electron chi connectivity index (χ3n) is 3.62. The minimum Gasteiger partial charge on any atom is -0.364 e. The van der Waals surface area contributed by atoms with Gasteiger partial charge in [-0.25, -0.2) is 4.98 Å². The van der Waals surface area contributed by atoms with E-state index in [9.17, 15) is 4.79 Å². The molecule has 1 amide bonds. The molecule has 1 aromatic heterocycles. The topological polar surface area (TPSA) is 77.2 Å². The quantitative estimate of drug-likeness (QED) is 0.866. The number of thiazole rings is 1. The summed E-state index contributed by atoms with van der Waals surface area (Å²) in [5.74, 6) is -0.0291. The van der Waals surface area contributed by atoms with Crippen LogP contribution in [0, 0.1) is 0 Å². The highest BCUT2D eigenvalue weighted by Gasteiger charge is 2.29. The van der Waals surface area contributed by atoms with Crippen LogP contribution in [0.2, 0.25) is 0 Å². The second-order valence-corrected chi connectivity index (χ2v) is 7.42. The first-order valence-corrected chi connectivity index (χ1v) is 8.36. The first-order chi connectivity index (χ1) is 9.90. The van der Waals surface area contributed by atoms with Crippen molar-refractivity contribution in [3.63, 3.8) is 0 Å². The number of nitrogens with two attached hydrogens (primary N) is 1. The zero-order valence-electron chi connectivity index (χ0n) is 13.0. The minimum atomic E-state index is -0.333. The Bertz CT molecular complexity index is 482. The number of carbonyl (C=O) groups excluding carboxylic acids is 1. The van der Waals surface area contributed by atoms with Gasteiger partial charge in [-0.2, -0.15) is 0 Å². The van der Waals surface area contributed by atoms with E-state index in [0.29, 0.717) is 13.1 Å². The van der Waals surface area contributed by atoms with Crippen molar-refractivity contribution >= 4 is 17.2 Å². The Kier molecular flexibility index (Phi) is 5.35. The third-order valence-corrected chi connectivity index (χ3v) is 4.53. The van der Waals surface area contributed by atoms with Gasteiger partial charge in [0, 0.05) is 30.3 Å². The largest absolute Gasteiger partial charge is 0.364 e. The van der Waals surface area contributed by atoms with Crippen molar-refractivity contribution in [1.82, 2.24) is 10.3 Å². The number of hydrogen-bond acceptors (Lipinski definition) is 5. The molecule has 0 spiro atoms. The van der Waals surface area contributed by atoms with Crippen LogP contribution in [-0.4, -0.2) is 36.2 Å². The van der Waals surface area contributed by atoms with Crippen LogP contribution in [0.1, 0.15) is 44.3 Å². The van der Waals surface area contributed by atoms with Crippen molar-refractivity contribution < 1.29 is 9.53 Å². The second-order valence-electron chi connectivity index (χ2n) is 6.48. The van der Waals surface area contributed by atoms with Crippen LogP contribution in [0.25, 0.3) is 0 Å². The minimum absolute atomic E-state index is 0.0291. The SMILES string of the molecule is CC(C)(C)c1csc(CCNC(=O)[C@@H]2CC[C@H](CN)O2)n1. The summed E-state index contributed by atoms with van der Waals surface area (Å²) < 4.78 is 5.57.